The van der Waals surface area contributed by atoms with Crippen LogP contribution in [0.1, 0.15) is 26.3 Å². The van der Waals surface area contributed by atoms with Crippen LogP contribution in [0.15, 0.2) is 43.0 Å². The molecule has 1 aromatic carbocycles. The summed E-state index contributed by atoms with van der Waals surface area (Å²) < 4.78 is 1.64. The summed E-state index contributed by atoms with van der Waals surface area (Å²) in [5.41, 5.74) is -0.400. The van der Waals surface area contributed by atoms with Gasteiger partial charge in [-0.05, 0) is 23.1 Å². The Morgan fingerprint density at radius 2 is 1.90 bits per heavy atom. The van der Waals surface area contributed by atoms with Crippen LogP contribution < -0.4 is 0 Å². The molecule has 5 heteroatoms. The van der Waals surface area contributed by atoms with E-state index >= 15 is 0 Å². The maximum absolute atomic E-state index is 11.0. The van der Waals surface area contributed by atoms with Gasteiger partial charge in [-0.2, -0.15) is 5.10 Å². The molecule has 1 unspecified atom stereocenters. The predicted octanol–water partition coefficient (Wildman–Crippen LogP) is 3.42. The fourth-order valence-corrected chi connectivity index (χ4v) is 2.04. The van der Waals surface area contributed by atoms with Crippen LogP contribution in [-0.2, 0) is 6.54 Å². The van der Waals surface area contributed by atoms with E-state index in [1.54, 1.807) is 11.0 Å². The number of rotatable bonds is 4. The van der Waals surface area contributed by atoms with Crippen LogP contribution in [0, 0.1) is 5.41 Å². The van der Waals surface area contributed by atoms with Gasteiger partial charge in [-0.15, -0.1) is 0 Å². The van der Waals surface area contributed by atoms with Crippen molar-refractivity contribution in [2.45, 2.75) is 32.9 Å². The van der Waals surface area contributed by atoms with Gasteiger partial charge in [-0.3, -0.25) is 0 Å². The summed E-state index contributed by atoms with van der Waals surface area (Å²) in [7, 11) is 0. The summed E-state index contributed by atoms with van der Waals surface area (Å²) in [5.74, 6) is 0. The van der Waals surface area contributed by atoms with Crippen molar-refractivity contribution in [2.75, 3.05) is 0 Å². The first kappa shape index (κ1) is 15.7. The summed E-state index contributed by atoms with van der Waals surface area (Å²) in [6.07, 6.45) is 6.79. The third-order valence-corrected chi connectivity index (χ3v) is 3.84. The summed E-state index contributed by atoms with van der Waals surface area (Å²) >= 11 is 5.88. The van der Waals surface area contributed by atoms with Crippen LogP contribution in [0.25, 0.3) is 6.08 Å². The lowest BCUT2D eigenvalue weighted by atomic mass is 9.76. The first-order valence-corrected chi connectivity index (χ1v) is 7.18. The van der Waals surface area contributed by atoms with Crippen LogP contribution >= 0.6 is 11.6 Å². The normalized spacial score (nSPS) is 15.3. The first-order valence-electron chi connectivity index (χ1n) is 6.80. The molecule has 1 N–H and O–H groups in total. The van der Waals surface area contributed by atoms with Gasteiger partial charge in [0.1, 0.15) is 18.3 Å². The third kappa shape index (κ3) is 3.93. The molecule has 0 spiro atoms. The Kier molecular flexibility index (Phi) is 4.49. The molecule has 0 fully saturated rings. The van der Waals surface area contributed by atoms with Crippen LogP contribution in [0.5, 0.6) is 0 Å². The molecule has 0 radical (unpaired) electrons. The molecular weight excluding hydrogens is 286 g/mol. The highest BCUT2D eigenvalue weighted by molar-refractivity contribution is 6.30. The van der Waals surface area contributed by atoms with Crippen molar-refractivity contribution in [3.8, 4) is 0 Å². The van der Waals surface area contributed by atoms with Crippen molar-refractivity contribution in [2.24, 2.45) is 5.41 Å². The van der Waals surface area contributed by atoms with E-state index in [0.717, 1.165) is 5.56 Å². The Hall–Kier alpha value is -1.65. The van der Waals surface area contributed by atoms with Crippen molar-refractivity contribution in [1.29, 1.82) is 0 Å². The average Bonchev–Trinajstić information content (AvgIpc) is 2.89. The smallest absolute Gasteiger partial charge is 0.137 e. The van der Waals surface area contributed by atoms with Gasteiger partial charge < -0.3 is 5.11 Å². The minimum Gasteiger partial charge on any atom is -0.383 e. The summed E-state index contributed by atoms with van der Waals surface area (Å²) in [5, 5.41) is 15.8. The standard InChI is InChI=1S/C16H20ClN3O/c1-15(2,3)16(21,10-20-12-18-11-19-20)9-8-13-4-6-14(17)7-5-13/h4-9,11-12,21H,10H2,1-3H3. The second kappa shape index (κ2) is 6.00. The van der Waals surface area contributed by atoms with Gasteiger partial charge in [0.05, 0.1) is 6.54 Å². The van der Waals surface area contributed by atoms with Gasteiger partial charge in [-0.25, -0.2) is 9.67 Å². The van der Waals surface area contributed by atoms with Gasteiger partial charge in [0.25, 0.3) is 0 Å². The number of hydrogen-bond donors (Lipinski definition) is 1. The highest BCUT2D eigenvalue weighted by atomic mass is 35.5. The van der Waals surface area contributed by atoms with Gasteiger partial charge in [-0.1, -0.05) is 56.7 Å². The molecule has 0 aliphatic rings. The van der Waals surface area contributed by atoms with Crippen LogP contribution in [-0.4, -0.2) is 25.5 Å². The van der Waals surface area contributed by atoms with Gasteiger partial charge in [0.15, 0.2) is 0 Å². The van der Waals surface area contributed by atoms with E-state index in [4.69, 9.17) is 11.6 Å². The Balaban J connectivity index is 2.26. The van der Waals surface area contributed by atoms with E-state index in [-0.39, 0.29) is 5.41 Å². The van der Waals surface area contributed by atoms with E-state index in [2.05, 4.69) is 10.1 Å². The SMILES string of the molecule is CC(C)(C)C(O)(C=Cc1ccc(Cl)cc1)Cn1cncn1. The van der Waals surface area contributed by atoms with Crippen molar-refractivity contribution in [1.82, 2.24) is 14.8 Å². The number of benzene rings is 1. The van der Waals surface area contributed by atoms with Crippen LogP contribution in [0.3, 0.4) is 0 Å². The predicted molar refractivity (Wildman–Crippen MR) is 84.9 cm³/mol. The van der Waals surface area contributed by atoms with Gasteiger partial charge >= 0.3 is 0 Å². The summed E-state index contributed by atoms with van der Waals surface area (Å²) in [6, 6.07) is 7.48. The van der Waals surface area contributed by atoms with Crippen molar-refractivity contribution < 1.29 is 5.11 Å². The number of nitrogens with zero attached hydrogens (tertiary/aromatic N) is 3. The molecule has 2 aromatic rings. The lowest BCUT2D eigenvalue weighted by Gasteiger charge is -2.37. The van der Waals surface area contributed by atoms with E-state index in [9.17, 15) is 5.11 Å². The van der Waals surface area contributed by atoms with Crippen molar-refractivity contribution in [3.63, 3.8) is 0 Å². The molecule has 112 valence electrons. The highest BCUT2D eigenvalue weighted by Gasteiger charge is 2.38. The second-order valence-corrected chi connectivity index (χ2v) is 6.59. The van der Waals surface area contributed by atoms with Crippen molar-refractivity contribution in [3.05, 3.63) is 53.6 Å². The monoisotopic (exact) mass is 305 g/mol. The number of hydrogen-bond acceptors (Lipinski definition) is 3. The number of aliphatic hydroxyl groups is 1. The lowest BCUT2D eigenvalue weighted by Crippen LogP contribution is -2.44. The Labute approximate surface area is 130 Å². The fraction of sp³-hybridized carbons (Fsp3) is 0.375. The maximum atomic E-state index is 11.0. The maximum Gasteiger partial charge on any atom is 0.137 e. The molecule has 0 aliphatic heterocycles. The molecular formula is C16H20ClN3O. The first-order chi connectivity index (χ1) is 9.80. The van der Waals surface area contributed by atoms with Crippen LogP contribution in [0.4, 0.5) is 0 Å². The molecule has 21 heavy (non-hydrogen) atoms. The minimum absolute atomic E-state index is 0.345. The molecule has 0 aliphatic carbocycles. The zero-order valence-electron chi connectivity index (χ0n) is 12.5. The third-order valence-electron chi connectivity index (χ3n) is 3.59. The molecule has 0 saturated carbocycles. The molecule has 1 heterocycles. The zero-order chi connectivity index (χ0) is 15.5. The topological polar surface area (TPSA) is 50.9 Å². The Bertz CT molecular complexity index is 599. The van der Waals surface area contributed by atoms with E-state index in [1.807, 2.05) is 57.2 Å². The molecule has 4 nitrogen and oxygen atoms in total. The summed E-state index contributed by atoms with van der Waals surface area (Å²) in [6.45, 7) is 6.34. The average molecular weight is 306 g/mol. The molecule has 0 saturated heterocycles. The lowest BCUT2D eigenvalue weighted by molar-refractivity contribution is -0.0297. The molecule has 1 atom stereocenters. The highest BCUT2D eigenvalue weighted by Crippen LogP contribution is 2.33. The molecule has 2 rings (SSSR count). The van der Waals surface area contributed by atoms with Crippen LogP contribution in [0.2, 0.25) is 5.02 Å². The quantitative estimate of drug-likeness (QED) is 0.941. The Morgan fingerprint density at radius 3 is 2.43 bits per heavy atom. The number of aromatic nitrogens is 3. The van der Waals surface area contributed by atoms with Gasteiger partial charge in [0, 0.05) is 5.02 Å². The molecule has 1 aromatic heterocycles. The van der Waals surface area contributed by atoms with Crippen molar-refractivity contribution >= 4 is 17.7 Å². The zero-order valence-corrected chi connectivity index (χ0v) is 13.2. The fourth-order valence-electron chi connectivity index (χ4n) is 1.91. The Morgan fingerprint density at radius 1 is 1.24 bits per heavy atom. The molecule has 0 bridgehead atoms. The van der Waals surface area contributed by atoms with Gasteiger partial charge in [0.2, 0.25) is 0 Å². The van der Waals surface area contributed by atoms with E-state index in [0.29, 0.717) is 11.6 Å². The van der Waals surface area contributed by atoms with E-state index < -0.39 is 5.60 Å². The second-order valence-electron chi connectivity index (χ2n) is 6.15. The minimum atomic E-state index is -1.04. The largest absolute Gasteiger partial charge is 0.383 e. The summed E-state index contributed by atoms with van der Waals surface area (Å²) in [4.78, 5) is 3.92. The molecule has 0 amide bonds. The van der Waals surface area contributed by atoms with E-state index in [1.165, 1.54) is 6.33 Å². The number of halogens is 1.